The number of fused-ring (bicyclic) bond motifs is 2. The number of likely N-dealkylation sites (tertiary alicyclic amines) is 1. The molecule has 6 nitrogen and oxygen atoms in total. The Morgan fingerprint density at radius 1 is 1.25 bits per heavy atom. The van der Waals surface area contributed by atoms with Crippen LogP contribution in [-0.4, -0.2) is 43.2 Å². The highest BCUT2D eigenvalue weighted by molar-refractivity contribution is 5.93. The first-order valence-corrected chi connectivity index (χ1v) is 9.48. The molecule has 1 aromatic carbocycles. The molecule has 0 radical (unpaired) electrons. The summed E-state index contributed by atoms with van der Waals surface area (Å²) in [4.78, 5) is 27.0. The number of amides is 1. The predicted molar refractivity (Wildman–Crippen MR) is 104 cm³/mol. The summed E-state index contributed by atoms with van der Waals surface area (Å²) in [7, 11) is 0. The van der Waals surface area contributed by atoms with Gasteiger partial charge in [0.2, 0.25) is 5.95 Å². The first-order chi connectivity index (χ1) is 13.6. The van der Waals surface area contributed by atoms with Crippen LogP contribution in [0.1, 0.15) is 40.6 Å². The van der Waals surface area contributed by atoms with Gasteiger partial charge in [0.15, 0.2) is 5.69 Å². The highest BCUT2D eigenvalue weighted by Crippen LogP contribution is 2.28. The molecule has 1 amide bonds. The topological polar surface area (TPSA) is 66.3 Å². The van der Waals surface area contributed by atoms with Crippen LogP contribution in [0.15, 0.2) is 42.6 Å². The fourth-order valence-electron chi connectivity index (χ4n) is 3.95. The van der Waals surface area contributed by atoms with Gasteiger partial charge in [0.1, 0.15) is 11.5 Å². The number of hydrogen-bond acceptors (Lipinski definition) is 3. The maximum Gasteiger partial charge on any atom is 0.277 e. The molecule has 1 N–H and O–H groups in total. The fourth-order valence-corrected chi connectivity index (χ4v) is 3.95. The lowest BCUT2D eigenvalue weighted by Gasteiger charge is -2.31. The number of pyridine rings is 1. The van der Waals surface area contributed by atoms with Gasteiger partial charge in [-0.25, -0.2) is 9.97 Å². The Bertz CT molecular complexity index is 1160. The van der Waals surface area contributed by atoms with Crippen LogP contribution >= 0.6 is 0 Å². The SMILES string of the molecule is Cc1ccn2c(F)c(C(=O)N3CCCC(c4nc5ccccc5[nH]4)C3)nc2c1. The Morgan fingerprint density at radius 3 is 2.96 bits per heavy atom. The van der Waals surface area contributed by atoms with E-state index in [0.717, 1.165) is 35.3 Å². The summed E-state index contributed by atoms with van der Waals surface area (Å²) in [6.07, 6.45) is 3.40. The summed E-state index contributed by atoms with van der Waals surface area (Å²) in [6, 6.07) is 11.4. The third-order valence-corrected chi connectivity index (χ3v) is 5.43. The largest absolute Gasteiger partial charge is 0.342 e. The number of piperidine rings is 1. The van der Waals surface area contributed by atoms with Gasteiger partial charge in [-0.3, -0.25) is 9.20 Å². The van der Waals surface area contributed by atoms with E-state index in [0.29, 0.717) is 18.7 Å². The van der Waals surface area contributed by atoms with Gasteiger partial charge in [-0.2, -0.15) is 4.39 Å². The number of nitrogens with zero attached hydrogens (tertiary/aromatic N) is 4. The van der Waals surface area contributed by atoms with Crippen LogP contribution in [0.5, 0.6) is 0 Å². The molecule has 7 heteroatoms. The van der Waals surface area contributed by atoms with Crippen molar-refractivity contribution in [3.63, 3.8) is 0 Å². The van der Waals surface area contributed by atoms with E-state index in [1.54, 1.807) is 23.2 Å². The number of rotatable bonds is 2. The van der Waals surface area contributed by atoms with Crippen molar-refractivity contribution in [2.45, 2.75) is 25.7 Å². The quantitative estimate of drug-likeness (QED) is 0.580. The minimum Gasteiger partial charge on any atom is -0.342 e. The number of benzene rings is 1. The summed E-state index contributed by atoms with van der Waals surface area (Å²) in [5.74, 6) is 0.0164. The average molecular weight is 377 g/mol. The van der Waals surface area contributed by atoms with E-state index in [9.17, 15) is 9.18 Å². The average Bonchev–Trinajstić information content (AvgIpc) is 3.28. The van der Waals surface area contributed by atoms with Gasteiger partial charge in [0, 0.05) is 25.2 Å². The molecule has 1 atom stereocenters. The van der Waals surface area contributed by atoms with Crippen LogP contribution in [0.4, 0.5) is 4.39 Å². The standard InChI is InChI=1S/C21H20FN5O/c1-13-8-10-27-17(11-13)25-18(19(27)22)21(28)26-9-4-5-14(12-26)20-23-15-6-2-3-7-16(15)24-20/h2-3,6-8,10-11,14H,4-5,9,12H2,1H3,(H,23,24). The second-order valence-electron chi connectivity index (χ2n) is 7.41. The van der Waals surface area contributed by atoms with Gasteiger partial charge in [-0.05, 0) is 49.6 Å². The maximum absolute atomic E-state index is 14.8. The number of aromatic amines is 1. The first kappa shape index (κ1) is 16.9. The molecule has 4 heterocycles. The predicted octanol–water partition coefficient (Wildman–Crippen LogP) is 3.68. The van der Waals surface area contributed by atoms with Crippen LogP contribution < -0.4 is 0 Å². The lowest BCUT2D eigenvalue weighted by Crippen LogP contribution is -2.39. The zero-order valence-corrected chi connectivity index (χ0v) is 15.5. The Labute approximate surface area is 161 Å². The number of halogens is 1. The van der Waals surface area contributed by atoms with Gasteiger partial charge >= 0.3 is 0 Å². The number of hydrogen-bond donors (Lipinski definition) is 1. The zero-order valence-electron chi connectivity index (χ0n) is 15.5. The van der Waals surface area contributed by atoms with Crippen molar-refractivity contribution in [3.8, 4) is 0 Å². The maximum atomic E-state index is 14.8. The third kappa shape index (κ3) is 2.74. The zero-order chi connectivity index (χ0) is 19.3. The van der Waals surface area contributed by atoms with E-state index in [1.165, 1.54) is 4.40 Å². The van der Waals surface area contributed by atoms with Gasteiger partial charge in [-0.1, -0.05) is 12.1 Å². The third-order valence-electron chi connectivity index (χ3n) is 5.43. The molecule has 4 aromatic rings. The molecule has 1 unspecified atom stereocenters. The number of aryl methyl sites for hydroxylation is 1. The van der Waals surface area contributed by atoms with E-state index in [2.05, 4.69) is 15.0 Å². The lowest BCUT2D eigenvalue weighted by atomic mass is 9.97. The number of imidazole rings is 2. The van der Waals surface area contributed by atoms with Crippen LogP contribution in [0, 0.1) is 12.9 Å². The molecular weight excluding hydrogens is 357 g/mol. The van der Waals surface area contributed by atoms with Crippen molar-refractivity contribution >= 4 is 22.6 Å². The highest BCUT2D eigenvalue weighted by atomic mass is 19.1. The van der Waals surface area contributed by atoms with Crippen LogP contribution in [0.25, 0.3) is 16.7 Å². The molecule has 28 heavy (non-hydrogen) atoms. The molecule has 1 aliphatic rings. The lowest BCUT2D eigenvalue weighted by molar-refractivity contribution is 0.0694. The van der Waals surface area contributed by atoms with Crippen molar-refractivity contribution in [3.05, 3.63) is 65.6 Å². The second kappa shape index (κ2) is 6.44. The number of aromatic nitrogens is 4. The normalized spacial score (nSPS) is 17.5. The molecular formula is C21H20FN5O. The van der Waals surface area contributed by atoms with Gasteiger partial charge < -0.3 is 9.88 Å². The summed E-state index contributed by atoms with van der Waals surface area (Å²) in [5, 5.41) is 0. The molecule has 1 aliphatic heterocycles. The number of nitrogens with one attached hydrogen (secondary N) is 1. The molecule has 1 saturated heterocycles. The van der Waals surface area contributed by atoms with Crippen LogP contribution in [0.2, 0.25) is 0 Å². The molecule has 0 bridgehead atoms. The van der Waals surface area contributed by atoms with Crippen molar-refractivity contribution in [2.75, 3.05) is 13.1 Å². The second-order valence-corrected chi connectivity index (χ2v) is 7.41. The highest BCUT2D eigenvalue weighted by Gasteiger charge is 2.30. The van der Waals surface area contributed by atoms with Gasteiger partial charge in [0.05, 0.1) is 11.0 Å². The van der Waals surface area contributed by atoms with Crippen molar-refractivity contribution in [1.82, 2.24) is 24.3 Å². The summed E-state index contributed by atoms with van der Waals surface area (Å²) >= 11 is 0. The Balaban J connectivity index is 1.43. The summed E-state index contributed by atoms with van der Waals surface area (Å²) in [6.45, 7) is 3.02. The minimum atomic E-state index is -0.606. The van der Waals surface area contributed by atoms with Crippen LogP contribution in [0.3, 0.4) is 0 Å². The van der Waals surface area contributed by atoms with E-state index in [-0.39, 0.29) is 17.5 Å². The summed E-state index contributed by atoms with van der Waals surface area (Å²) in [5.41, 5.74) is 3.22. The Morgan fingerprint density at radius 2 is 2.11 bits per heavy atom. The van der Waals surface area contributed by atoms with Crippen LogP contribution in [-0.2, 0) is 0 Å². The smallest absolute Gasteiger partial charge is 0.277 e. The molecule has 1 fully saturated rings. The summed E-state index contributed by atoms with van der Waals surface area (Å²) < 4.78 is 16.1. The number of carbonyl (C=O) groups is 1. The number of carbonyl (C=O) groups excluding carboxylic acids is 1. The Kier molecular flexibility index (Phi) is 3.89. The first-order valence-electron chi connectivity index (χ1n) is 9.48. The molecule has 142 valence electrons. The molecule has 3 aromatic heterocycles. The molecule has 5 rings (SSSR count). The van der Waals surface area contributed by atoms with Crippen molar-refractivity contribution in [1.29, 1.82) is 0 Å². The monoisotopic (exact) mass is 377 g/mol. The van der Waals surface area contributed by atoms with E-state index < -0.39 is 5.95 Å². The van der Waals surface area contributed by atoms with E-state index >= 15 is 0 Å². The minimum absolute atomic E-state index is 0.104. The van der Waals surface area contributed by atoms with Crippen molar-refractivity contribution < 1.29 is 9.18 Å². The van der Waals surface area contributed by atoms with Crippen molar-refractivity contribution in [2.24, 2.45) is 0 Å². The van der Waals surface area contributed by atoms with E-state index in [4.69, 9.17) is 0 Å². The van der Waals surface area contributed by atoms with Gasteiger partial charge in [0.25, 0.3) is 5.91 Å². The molecule has 0 aliphatic carbocycles. The Hall–Kier alpha value is -3.22. The fraction of sp³-hybridized carbons (Fsp3) is 0.286. The molecule has 0 spiro atoms. The number of para-hydroxylation sites is 2. The van der Waals surface area contributed by atoms with E-state index in [1.807, 2.05) is 31.2 Å². The molecule has 0 saturated carbocycles. The van der Waals surface area contributed by atoms with Gasteiger partial charge in [-0.15, -0.1) is 0 Å². The number of H-pyrrole nitrogens is 1.